The second-order valence-corrected chi connectivity index (χ2v) is 4.66. The summed E-state index contributed by atoms with van der Waals surface area (Å²) in [5, 5.41) is 0. The summed E-state index contributed by atoms with van der Waals surface area (Å²) in [5.74, 6) is 0.887. The number of nitrogens with zero attached hydrogens (tertiary/aromatic N) is 1. The second kappa shape index (κ2) is 4.49. The van der Waals surface area contributed by atoms with E-state index in [1.807, 2.05) is 4.90 Å². The Balaban J connectivity index is 2.00. The van der Waals surface area contributed by atoms with E-state index in [1.165, 1.54) is 0 Å². The first-order valence-electron chi connectivity index (χ1n) is 5.82. The van der Waals surface area contributed by atoms with Crippen LogP contribution in [0.1, 0.15) is 19.8 Å². The quantitative estimate of drug-likeness (QED) is 0.712. The van der Waals surface area contributed by atoms with Gasteiger partial charge in [-0.25, -0.2) is 0 Å². The zero-order valence-electron chi connectivity index (χ0n) is 9.32. The molecule has 2 saturated heterocycles. The Hall–Kier alpha value is -0.610. The third-order valence-electron chi connectivity index (χ3n) is 3.69. The number of rotatable bonds is 2. The number of hydrogen-bond donors (Lipinski definition) is 1. The van der Waals surface area contributed by atoms with Crippen molar-refractivity contribution in [3.8, 4) is 0 Å². The predicted molar refractivity (Wildman–Crippen MR) is 57.3 cm³/mol. The van der Waals surface area contributed by atoms with Crippen molar-refractivity contribution in [2.24, 2.45) is 17.6 Å². The van der Waals surface area contributed by atoms with E-state index in [0.29, 0.717) is 19.1 Å². The number of likely N-dealkylation sites (tertiary alicyclic amines) is 1. The summed E-state index contributed by atoms with van der Waals surface area (Å²) in [4.78, 5) is 14.1. The van der Waals surface area contributed by atoms with Gasteiger partial charge in [-0.1, -0.05) is 6.92 Å². The minimum absolute atomic E-state index is 0.0874. The highest BCUT2D eigenvalue weighted by Crippen LogP contribution is 2.26. The molecule has 0 spiro atoms. The number of carbonyl (C=O) groups is 1. The maximum Gasteiger partial charge on any atom is 0.228 e. The van der Waals surface area contributed by atoms with Crippen LogP contribution in [-0.4, -0.2) is 43.2 Å². The van der Waals surface area contributed by atoms with E-state index in [1.54, 1.807) is 0 Å². The third-order valence-corrected chi connectivity index (χ3v) is 3.69. The molecule has 2 heterocycles. The van der Waals surface area contributed by atoms with Gasteiger partial charge in [-0.2, -0.15) is 0 Å². The first-order chi connectivity index (χ1) is 7.24. The molecule has 2 aliphatic heterocycles. The van der Waals surface area contributed by atoms with Crippen molar-refractivity contribution >= 4 is 5.91 Å². The van der Waals surface area contributed by atoms with E-state index < -0.39 is 0 Å². The molecule has 0 radical (unpaired) electrons. The minimum atomic E-state index is 0.0874. The van der Waals surface area contributed by atoms with E-state index in [9.17, 15) is 4.79 Å². The Morgan fingerprint density at radius 2 is 2.33 bits per heavy atom. The van der Waals surface area contributed by atoms with Crippen LogP contribution in [0.15, 0.2) is 0 Å². The summed E-state index contributed by atoms with van der Waals surface area (Å²) in [7, 11) is 0. The van der Waals surface area contributed by atoms with Crippen molar-refractivity contribution in [2.75, 3.05) is 26.3 Å². The topological polar surface area (TPSA) is 55.6 Å². The molecule has 2 fully saturated rings. The lowest BCUT2D eigenvalue weighted by molar-refractivity contribution is -0.136. The summed E-state index contributed by atoms with van der Waals surface area (Å²) in [6.45, 7) is 4.96. The van der Waals surface area contributed by atoms with Gasteiger partial charge in [0.2, 0.25) is 5.91 Å². The average Bonchev–Trinajstić information content (AvgIpc) is 2.85. The number of carbonyl (C=O) groups excluding carboxylic acids is 1. The first kappa shape index (κ1) is 10.9. The van der Waals surface area contributed by atoms with Crippen LogP contribution in [0.25, 0.3) is 0 Å². The summed E-state index contributed by atoms with van der Waals surface area (Å²) in [5.41, 5.74) is 5.73. The molecule has 0 aromatic heterocycles. The molecule has 0 aromatic carbocycles. The number of ether oxygens (including phenoxy) is 1. The lowest BCUT2D eigenvalue weighted by atomic mass is 10.0. The fourth-order valence-corrected chi connectivity index (χ4v) is 2.61. The van der Waals surface area contributed by atoms with Crippen molar-refractivity contribution in [2.45, 2.75) is 25.8 Å². The van der Waals surface area contributed by atoms with Gasteiger partial charge in [-0.15, -0.1) is 0 Å². The molecule has 1 amide bonds. The molecule has 0 bridgehead atoms. The SMILES string of the molecule is CC1CCN(C(=O)C2CCOC2)C1CN. The maximum atomic E-state index is 12.2. The Labute approximate surface area is 90.8 Å². The highest BCUT2D eigenvalue weighted by atomic mass is 16.5. The fraction of sp³-hybridized carbons (Fsp3) is 0.909. The Morgan fingerprint density at radius 1 is 1.53 bits per heavy atom. The maximum absolute atomic E-state index is 12.2. The molecule has 2 rings (SSSR count). The number of hydrogen-bond acceptors (Lipinski definition) is 3. The molecule has 2 aliphatic rings. The van der Waals surface area contributed by atoms with Crippen LogP contribution >= 0.6 is 0 Å². The Morgan fingerprint density at radius 3 is 2.93 bits per heavy atom. The molecule has 3 atom stereocenters. The molecule has 15 heavy (non-hydrogen) atoms. The molecular weight excluding hydrogens is 192 g/mol. The van der Waals surface area contributed by atoms with Crippen molar-refractivity contribution in [3.63, 3.8) is 0 Å². The molecular formula is C11H20N2O2. The van der Waals surface area contributed by atoms with Gasteiger partial charge in [-0.05, 0) is 18.8 Å². The van der Waals surface area contributed by atoms with Crippen LogP contribution in [0.2, 0.25) is 0 Å². The van der Waals surface area contributed by atoms with Gasteiger partial charge in [0.15, 0.2) is 0 Å². The molecule has 86 valence electrons. The highest BCUT2D eigenvalue weighted by Gasteiger charge is 2.37. The summed E-state index contributed by atoms with van der Waals surface area (Å²) < 4.78 is 5.25. The third kappa shape index (κ3) is 2.01. The number of nitrogens with two attached hydrogens (primary N) is 1. The van der Waals surface area contributed by atoms with E-state index in [-0.39, 0.29) is 17.9 Å². The van der Waals surface area contributed by atoms with E-state index in [2.05, 4.69) is 6.92 Å². The lowest BCUT2D eigenvalue weighted by Gasteiger charge is -2.27. The molecule has 0 saturated carbocycles. The van der Waals surface area contributed by atoms with Crippen LogP contribution in [0.3, 0.4) is 0 Å². The van der Waals surface area contributed by atoms with E-state index in [0.717, 1.165) is 26.0 Å². The first-order valence-corrected chi connectivity index (χ1v) is 5.82. The standard InChI is InChI=1S/C11H20N2O2/c1-8-2-4-13(10(8)6-12)11(14)9-3-5-15-7-9/h8-10H,2-7,12H2,1H3. The molecule has 0 aliphatic carbocycles. The monoisotopic (exact) mass is 212 g/mol. The molecule has 4 nitrogen and oxygen atoms in total. The molecule has 4 heteroatoms. The van der Waals surface area contributed by atoms with Crippen molar-refractivity contribution < 1.29 is 9.53 Å². The van der Waals surface area contributed by atoms with Gasteiger partial charge < -0.3 is 15.4 Å². The Kier molecular flexibility index (Phi) is 3.26. The normalized spacial score (nSPS) is 36.1. The summed E-state index contributed by atoms with van der Waals surface area (Å²) in [6, 6.07) is 0.248. The number of amides is 1. The highest BCUT2D eigenvalue weighted by molar-refractivity contribution is 5.79. The molecule has 3 unspecified atom stereocenters. The van der Waals surface area contributed by atoms with Crippen molar-refractivity contribution in [1.29, 1.82) is 0 Å². The van der Waals surface area contributed by atoms with Gasteiger partial charge in [0.25, 0.3) is 0 Å². The predicted octanol–water partition coefficient (Wildman–Crippen LogP) is 0.219. The minimum Gasteiger partial charge on any atom is -0.381 e. The van der Waals surface area contributed by atoms with Gasteiger partial charge in [0, 0.05) is 25.7 Å². The lowest BCUT2D eigenvalue weighted by Crippen LogP contribution is -2.45. The van der Waals surface area contributed by atoms with Gasteiger partial charge in [-0.3, -0.25) is 4.79 Å². The summed E-state index contributed by atoms with van der Waals surface area (Å²) >= 11 is 0. The Bertz CT molecular complexity index is 239. The van der Waals surface area contributed by atoms with Crippen molar-refractivity contribution in [1.82, 2.24) is 4.90 Å². The zero-order valence-corrected chi connectivity index (χ0v) is 9.32. The van der Waals surface area contributed by atoms with Crippen LogP contribution < -0.4 is 5.73 Å². The largest absolute Gasteiger partial charge is 0.381 e. The molecule has 0 aromatic rings. The van der Waals surface area contributed by atoms with E-state index >= 15 is 0 Å². The van der Waals surface area contributed by atoms with E-state index in [4.69, 9.17) is 10.5 Å². The fourth-order valence-electron chi connectivity index (χ4n) is 2.61. The van der Waals surface area contributed by atoms with Gasteiger partial charge in [0.05, 0.1) is 12.5 Å². The summed E-state index contributed by atoms with van der Waals surface area (Å²) in [6.07, 6.45) is 1.96. The van der Waals surface area contributed by atoms with Gasteiger partial charge in [0.1, 0.15) is 0 Å². The van der Waals surface area contributed by atoms with Crippen LogP contribution in [0, 0.1) is 11.8 Å². The van der Waals surface area contributed by atoms with Crippen molar-refractivity contribution in [3.05, 3.63) is 0 Å². The molecule has 2 N–H and O–H groups in total. The van der Waals surface area contributed by atoms with Crippen LogP contribution in [0.5, 0.6) is 0 Å². The second-order valence-electron chi connectivity index (χ2n) is 4.66. The van der Waals surface area contributed by atoms with Crippen LogP contribution in [-0.2, 0) is 9.53 Å². The smallest absolute Gasteiger partial charge is 0.228 e. The average molecular weight is 212 g/mol. The van der Waals surface area contributed by atoms with Gasteiger partial charge >= 0.3 is 0 Å². The zero-order chi connectivity index (χ0) is 10.8. The van der Waals surface area contributed by atoms with Crippen LogP contribution in [0.4, 0.5) is 0 Å².